The molecule has 1 aromatic rings. The van der Waals surface area contributed by atoms with Crippen LogP contribution in [0.5, 0.6) is 0 Å². The quantitative estimate of drug-likeness (QED) is 0.874. The zero-order chi connectivity index (χ0) is 14.7. The summed E-state index contributed by atoms with van der Waals surface area (Å²) in [5, 5.41) is 12.0. The molecule has 6 nitrogen and oxygen atoms in total. The minimum Gasteiger partial charge on any atom is -0.480 e. The van der Waals surface area contributed by atoms with Crippen molar-refractivity contribution in [2.45, 2.75) is 32.9 Å². The summed E-state index contributed by atoms with van der Waals surface area (Å²) in [6, 6.07) is 0.795. The van der Waals surface area contributed by atoms with E-state index in [9.17, 15) is 14.7 Å². The molecule has 2 heterocycles. The third kappa shape index (κ3) is 2.89. The van der Waals surface area contributed by atoms with Crippen LogP contribution in [-0.2, 0) is 11.3 Å². The molecule has 2 atom stereocenters. The molecule has 20 heavy (non-hydrogen) atoms. The van der Waals surface area contributed by atoms with Gasteiger partial charge in [-0.2, -0.15) is 0 Å². The van der Waals surface area contributed by atoms with Crippen molar-refractivity contribution in [2.75, 3.05) is 6.54 Å². The first-order valence-electron chi connectivity index (χ1n) is 6.67. The highest BCUT2D eigenvalue weighted by Crippen LogP contribution is 2.24. The molecule has 1 aromatic heterocycles. The van der Waals surface area contributed by atoms with Gasteiger partial charge in [-0.1, -0.05) is 6.92 Å². The van der Waals surface area contributed by atoms with E-state index in [1.165, 1.54) is 4.90 Å². The molecule has 0 bridgehead atoms. The average Bonchev–Trinajstić information content (AvgIpc) is 2.79. The molecule has 1 saturated heterocycles. The fraction of sp³-hybridized carbons (Fsp3) is 0.500. The highest BCUT2D eigenvalue weighted by molar-refractivity contribution is 5.83. The van der Waals surface area contributed by atoms with E-state index in [1.54, 1.807) is 12.4 Å². The predicted molar refractivity (Wildman–Crippen MR) is 73.1 cm³/mol. The Balaban J connectivity index is 1.99. The molecule has 0 saturated carbocycles. The number of amides is 2. The van der Waals surface area contributed by atoms with Crippen molar-refractivity contribution >= 4 is 12.0 Å². The van der Waals surface area contributed by atoms with Gasteiger partial charge in [0.05, 0.1) is 0 Å². The van der Waals surface area contributed by atoms with E-state index in [1.807, 2.05) is 19.9 Å². The van der Waals surface area contributed by atoms with E-state index in [2.05, 4.69) is 10.3 Å². The van der Waals surface area contributed by atoms with E-state index in [-0.39, 0.29) is 11.9 Å². The van der Waals surface area contributed by atoms with Gasteiger partial charge in [-0.25, -0.2) is 9.59 Å². The summed E-state index contributed by atoms with van der Waals surface area (Å²) in [5.41, 5.74) is 1.98. The maximum absolute atomic E-state index is 12.1. The molecule has 1 fully saturated rings. The monoisotopic (exact) mass is 277 g/mol. The number of nitrogens with zero attached hydrogens (tertiary/aromatic N) is 2. The second-order valence-corrected chi connectivity index (χ2v) is 5.20. The number of hydrogen-bond acceptors (Lipinski definition) is 3. The van der Waals surface area contributed by atoms with Gasteiger partial charge in [0, 0.05) is 25.5 Å². The summed E-state index contributed by atoms with van der Waals surface area (Å²) in [5.74, 6) is -0.953. The maximum atomic E-state index is 12.1. The molecule has 1 aliphatic rings. The number of pyridine rings is 1. The molecule has 2 amide bonds. The molecule has 0 spiro atoms. The molecule has 1 aliphatic heterocycles. The molecular formula is C14H19N3O3. The van der Waals surface area contributed by atoms with Gasteiger partial charge in [0.1, 0.15) is 6.04 Å². The first-order chi connectivity index (χ1) is 9.50. The van der Waals surface area contributed by atoms with Crippen LogP contribution in [0.3, 0.4) is 0 Å². The second-order valence-electron chi connectivity index (χ2n) is 5.20. The van der Waals surface area contributed by atoms with Crippen molar-refractivity contribution in [2.24, 2.45) is 5.92 Å². The number of hydrogen-bond donors (Lipinski definition) is 2. The summed E-state index contributed by atoms with van der Waals surface area (Å²) in [6.45, 7) is 4.65. The van der Waals surface area contributed by atoms with E-state index in [0.717, 1.165) is 17.5 Å². The third-order valence-electron chi connectivity index (χ3n) is 3.78. The maximum Gasteiger partial charge on any atom is 0.326 e. The van der Waals surface area contributed by atoms with Crippen LogP contribution < -0.4 is 5.32 Å². The number of likely N-dealkylation sites (tertiary alicyclic amines) is 1. The number of carboxylic acids is 1. The van der Waals surface area contributed by atoms with E-state index < -0.39 is 12.0 Å². The Morgan fingerprint density at radius 2 is 2.30 bits per heavy atom. The minimum atomic E-state index is -0.940. The van der Waals surface area contributed by atoms with Gasteiger partial charge >= 0.3 is 12.0 Å². The fourth-order valence-corrected chi connectivity index (χ4v) is 2.52. The smallest absolute Gasteiger partial charge is 0.326 e. The Labute approximate surface area is 117 Å². The number of urea groups is 1. The molecule has 2 N–H and O–H groups in total. The summed E-state index contributed by atoms with van der Waals surface area (Å²) in [6.07, 6.45) is 4.13. The average molecular weight is 277 g/mol. The van der Waals surface area contributed by atoms with Gasteiger partial charge in [0.2, 0.25) is 0 Å². The van der Waals surface area contributed by atoms with Gasteiger partial charge < -0.3 is 15.3 Å². The van der Waals surface area contributed by atoms with Crippen LogP contribution in [0.15, 0.2) is 18.5 Å². The number of aliphatic carboxylic acids is 1. The molecule has 0 aromatic carbocycles. The summed E-state index contributed by atoms with van der Waals surface area (Å²) >= 11 is 0. The van der Waals surface area contributed by atoms with Crippen LogP contribution in [0.4, 0.5) is 4.79 Å². The summed E-state index contributed by atoms with van der Waals surface area (Å²) in [7, 11) is 0. The number of carboxylic acid groups (broad SMARTS) is 1. The van der Waals surface area contributed by atoms with Crippen LogP contribution in [0, 0.1) is 12.8 Å². The lowest BCUT2D eigenvalue weighted by Gasteiger charge is -2.23. The van der Waals surface area contributed by atoms with Gasteiger partial charge in [0.25, 0.3) is 0 Å². The van der Waals surface area contributed by atoms with Crippen LogP contribution in [-0.4, -0.2) is 39.6 Å². The Morgan fingerprint density at radius 1 is 1.55 bits per heavy atom. The predicted octanol–water partition coefficient (Wildman–Crippen LogP) is 1.39. The normalized spacial score (nSPS) is 21.8. The third-order valence-corrected chi connectivity index (χ3v) is 3.78. The number of nitrogens with one attached hydrogen (secondary N) is 1. The van der Waals surface area contributed by atoms with Gasteiger partial charge in [-0.15, -0.1) is 0 Å². The lowest BCUT2D eigenvalue weighted by atomic mass is 10.0. The Bertz CT molecular complexity index is 518. The molecule has 108 valence electrons. The van der Waals surface area contributed by atoms with Crippen molar-refractivity contribution in [1.82, 2.24) is 15.2 Å². The molecular weight excluding hydrogens is 258 g/mol. The Morgan fingerprint density at radius 3 is 2.95 bits per heavy atom. The first-order valence-corrected chi connectivity index (χ1v) is 6.67. The highest BCUT2D eigenvalue weighted by Gasteiger charge is 2.39. The Kier molecular flexibility index (Phi) is 4.22. The van der Waals surface area contributed by atoms with E-state index in [0.29, 0.717) is 13.1 Å². The summed E-state index contributed by atoms with van der Waals surface area (Å²) < 4.78 is 0. The SMILES string of the molecule is Cc1cnccc1CNC(=O)N1CCC(C)C1C(=O)O. The largest absolute Gasteiger partial charge is 0.480 e. The van der Waals surface area contributed by atoms with Crippen LogP contribution >= 0.6 is 0 Å². The number of carbonyl (C=O) groups is 2. The van der Waals surface area contributed by atoms with E-state index in [4.69, 9.17) is 0 Å². The number of carbonyl (C=O) groups excluding carboxylic acids is 1. The number of aromatic nitrogens is 1. The van der Waals surface area contributed by atoms with E-state index >= 15 is 0 Å². The van der Waals surface area contributed by atoms with Gasteiger partial charge in [0.15, 0.2) is 0 Å². The standard InChI is InChI=1S/C14H19N3O3/c1-9-4-6-17(12(9)13(18)19)14(20)16-8-11-3-5-15-7-10(11)2/h3,5,7,9,12H,4,6,8H2,1-2H3,(H,16,20)(H,18,19). The topological polar surface area (TPSA) is 82.5 Å². The first kappa shape index (κ1) is 14.3. The van der Waals surface area contributed by atoms with Crippen molar-refractivity contribution in [3.05, 3.63) is 29.6 Å². The molecule has 0 radical (unpaired) electrons. The lowest BCUT2D eigenvalue weighted by Crippen LogP contribution is -2.47. The molecule has 6 heteroatoms. The van der Waals surface area contributed by atoms with Crippen LogP contribution in [0.2, 0.25) is 0 Å². The lowest BCUT2D eigenvalue weighted by molar-refractivity contribution is -0.142. The second kappa shape index (κ2) is 5.90. The number of rotatable bonds is 3. The number of aryl methyl sites for hydroxylation is 1. The van der Waals surface area contributed by atoms with Gasteiger partial charge in [-0.3, -0.25) is 4.98 Å². The zero-order valence-electron chi connectivity index (χ0n) is 11.7. The van der Waals surface area contributed by atoms with Crippen molar-refractivity contribution < 1.29 is 14.7 Å². The molecule has 0 aliphatic carbocycles. The van der Waals surface area contributed by atoms with Crippen molar-refractivity contribution in [3.63, 3.8) is 0 Å². The fourth-order valence-electron chi connectivity index (χ4n) is 2.52. The van der Waals surface area contributed by atoms with Crippen molar-refractivity contribution in [3.8, 4) is 0 Å². The van der Waals surface area contributed by atoms with Crippen LogP contribution in [0.25, 0.3) is 0 Å². The zero-order valence-corrected chi connectivity index (χ0v) is 11.7. The highest BCUT2D eigenvalue weighted by atomic mass is 16.4. The Hall–Kier alpha value is -2.11. The molecule has 2 unspecified atom stereocenters. The minimum absolute atomic E-state index is 0.0130. The van der Waals surface area contributed by atoms with Crippen LogP contribution in [0.1, 0.15) is 24.5 Å². The van der Waals surface area contributed by atoms with Gasteiger partial charge in [-0.05, 0) is 36.5 Å². The summed E-state index contributed by atoms with van der Waals surface area (Å²) in [4.78, 5) is 28.8. The molecule has 2 rings (SSSR count). The van der Waals surface area contributed by atoms with Crippen molar-refractivity contribution in [1.29, 1.82) is 0 Å².